The zero-order chi connectivity index (χ0) is 18.5. The third-order valence-corrected chi connectivity index (χ3v) is 5.10. The van der Waals surface area contributed by atoms with Crippen molar-refractivity contribution in [3.63, 3.8) is 0 Å². The Morgan fingerprint density at radius 3 is 2.48 bits per heavy atom. The van der Waals surface area contributed by atoms with E-state index >= 15 is 0 Å². The number of piperidine rings is 1. The number of anilines is 2. The first-order chi connectivity index (χ1) is 13.3. The van der Waals surface area contributed by atoms with Gasteiger partial charge in [0.2, 0.25) is 5.91 Å². The Morgan fingerprint density at radius 2 is 1.81 bits per heavy atom. The lowest BCUT2D eigenvalue weighted by atomic mass is 10.1. The summed E-state index contributed by atoms with van der Waals surface area (Å²) in [6, 6.07) is 11.3. The molecule has 1 amide bonds. The lowest BCUT2D eigenvalue weighted by molar-refractivity contribution is -0.121. The molecule has 2 saturated heterocycles. The van der Waals surface area contributed by atoms with Gasteiger partial charge in [-0.15, -0.1) is 5.10 Å². The van der Waals surface area contributed by atoms with Crippen LogP contribution in [0.5, 0.6) is 5.75 Å². The minimum absolute atomic E-state index is 0.0438. The Kier molecular flexibility index (Phi) is 5.60. The van der Waals surface area contributed by atoms with Crippen molar-refractivity contribution in [3.8, 4) is 5.75 Å². The van der Waals surface area contributed by atoms with Crippen LogP contribution in [0.25, 0.3) is 0 Å². The van der Waals surface area contributed by atoms with Crippen molar-refractivity contribution >= 4 is 17.4 Å². The molecule has 2 aliphatic heterocycles. The largest absolute Gasteiger partial charge is 0.490 e. The number of aromatic nitrogens is 2. The summed E-state index contributed by atoms with van der Waals surface area (Å²) in [4.78, 5) is 14.8. The molecule has 7 nitrogen and oxygen atoms in total. The van der Waals surface area contributed by atoms with Gasteiger partial charge in [0.1, 0.15) is 11.9 Å². The van der Waals surface area contributed by atoms with Gasteiger partial charge >= 0.3 is 0 Å². The first kappa shape index (κ1) is 17.9. The van der Waals surface area contributed by atoms with Gasteiger partial charge in [-0.2, -0.15) is 5.10 Å². The molecule has 1 atom stereocenters. The normalized spacial score (nSPS) is 20.4. The Balaban J connectivity index is 1.55. The molecule has 0 radical (unpaired) electrons. The summed E-state index contributed by atoms with van der Waals surface area (Å²) >= 11 is 0. The van der Waals surface area contributed by atoms with Gasteiger partial charge < -0.3 is 15.4 Å². The maximum Gasteiger partial charge on any atom is 0.237 e. The van der Waals surface area contributed by atoms with E-state index in [0.717, 1.165) is 50.3 Å². The maximum absolute atomic E-state index is 13.1. The Hall–Kier alpha value is -2.51. The van der Waals surface area contributed by atoms with Crippen LogP contribution in [0.2, 0.25) is 0 Å². The summed E-state index contributed by atoms with van der Waals surface area (Å²) in [6.45, 7) is 3.56. The summed E-state index contributed by atoms with van der Waals surface area (Å²) < 4.78 is 6.07. The van der Waals surface area contributed by atoms with Crippen LogP contribution in [0.1, 0.15) is 19.3 Å². The van der Waals surface area contributed by atoms with Crippen molar-refractivity contribution in [3.05, 3.63) is 42.6 Å². The molecule has 4 rings (SSSR count). The number of nitrogens with one attached hydrogen (secondary N) is 2. The Labute approximate surface area is 159 Å². The molecule has 2 aromatic rings. The zero-order valence-electron chi connectivity index (χ0n) is 15.3. The van der Waals surface area contributed by atoms with Gasteiger partial charge in [0.15, 0.2) is 5.82 Å². The van der Waals surface area contributed by atoms with E-state index in [1.807, 2.05) is 30.3 Å². The first-order valence-corrected chi connectivity index (χ1v) is 9.61. The molecule has 0 aliphatic carbocycles. The van der Waals surface area contributed by atoms with Crippen molar-refractivity contribution in [2.45, 2.75) is 25.4 Å². The fourth-order valence-electron chi connectivity index (χ4n) is 3.61. The highest BCUT2D eigenvalue weighted by Crippen LogP contribution is 2.29. The minimum atomic E-state index is -0.0438. The summed E-state index contributed by atoms with van der Waals surface area (Å²) in [5.41, 5.74) is 0.782. The van der Waals surface area contributed by atoms with Crippen molar-refractivity contribution < 1.29 is 9.53 Å². The van der Waals surface area contributed by atoms with Crippen LogP contribution in [-0.2, 0) is 4.79 Å². The summed E-state index contributed by atoms with van der Waals surface area (Å²) in [5, 5.41) is 14.7. The molecule has 0 bridgehead atoms. The van der Waals surface area contributed by atoms with E-state index in [0.29, 0.717) is 12.4 Å². The van der Waals surface area contributed by atoms with Crippen molar-refractivity contribution in [2.75, 3.05) is 31.1 Å². The molecule has 27 heavy (non-hydrogen) atoms. The van der Waals surface area contributed by atoms with Crippen LogP contribution < -0.4 is 20.3 Å². The number of nitrogens with zero attached hydrogens (tertiary/aromatic N) is 3. The lowest BCUT2D eigenvalue weighted by Gasteiger charge is -2.26. The standard InChI is InChI=1S/C20H25N5O2/c26-20(15-7-11-22-14-15)25(19-2-1-10-23-24-19)16-3-5-17(6-4-16)27-18-8-12-21-13-9-18/h1-6,10,15,18,21-22H,7-9,11-14H2/t15-/m0/s1. The third kappa shape index (κ3) is 4.26. The maximum atomic E-state index is 13.1. The van der Waals surface area contributed by atoms with E-state index in [-0.39, 0.29) is 17.9 Å². The molecule has 3 heterocycles. The third-order valence-electron chi connectivity index (χ3n) is 5.10. The first-order valence-electron chi connectivity index (χ1n) is 9.61. The van der Waals surface area contributed by atoms with Gasteiger partial charge in [-0.05, 0) is 75.3 Å². The SMILES string of the molecule is O=C([C@H]1CCNC1)N(c1ccc(OC2CCNCC2)cc1)c1cccnn1. The molecule has 1 aromatic carbocycles. The van der Waals surface area contributed by atoms with Crippen LogP contribution in [0.15, 0.2) is 42.6 Å². The number of carbonyl (C=O) groups excluding carboxylic acids is 1. The second-order valence-electron chi connectivity index (χ2n) is 7.01. The smallest absolute Gasteiger partial charge is 0.237 e. The summed E-state index contributed by atoms with van der Waals surface area (Å²) in [6.07, 6.45) is 4.73. The predicted octanol–water partition coefficient (Wildman–Crippen LogP) is 1.88. The predicted molar refractivity (Wildman–Crippen MR) is 103 cm³/mol. The van der Waals surface area contributed by atoms with E-state index in [1.165, 1.54) is 0 Å². The molecule has 1 aromatic heterocycles. The van der Waals surface area contributed by atoms with Gasteiger partial charge in [0.05, 0.1) is 11.6 Å². The van der Waals surface area contributed by atoms with Crippen LogP contribution in [-0.4, -0.2) is 48.4 Å². The number of amides is 1. The number of carbonyl (C=O) groups is 1. The number of rotatable bonds is 5. The van der Waals surface area contributed by atoms with Crippen LogP contribution in [0.3, 0.4) is 0 Å². The topological polar surface area (TPSA) is 79.4 Å². The fraction of sp³-hybridized carbons (Fsp3) is 0.450. The lowest BCUT2D eigenvalue weighted by Crippen LogP contribution is -2.34. The molecular formula is C20H25N5O2. The average Bonchev–Trinajstić information content (AvgIpc) is 3.26. The van der Waals surface area contributed by atoms with E-state index in [2.05, 4.69) is 20.8 Å². The van der Waals surface area contributed by atoms with E-state index in [4.69, 9.17) is 4.74 Å². The molecule has 2 N–H and O–H groups in total. The molecule has 0 unspecified atom stereocenters. The van der Waals surface area contributed by atoms with Crippen LogP contribution >= 0.6 is 0 Å². The number of hydrogen-bond acceptors (Lipinski definition) is 6. The molecular weight excluding hydrogens is 342 g/mol. The monoisotopic (exact) mass is 367 g/mol. The second-order valence-corrected chi connectivity index (χ2v) is 7.01. The van der Waals surface area contributed by atoms with E-state index < -0.39 is 0 Å². The molecule has 142 valence electrons. The Bertz CT molecular complexity index is 741. The molecule has 2 aliphatic rings. The van der Waals surface area contributed by atoms with Gasteiger partial charge in [0, 0.05) is 12.7 Å². The van der Waals surface area contributed by atoms with Crippen LogP contribution in [0, 0.1) is 5.92 Å². The van der Waals surface area contributed by atoms with Gasteiger partial charge in [0.25, 0.3) is 0 Å². The molecule has 0 spiro atoms. The zero-order valence-corrected chi connectivity index (χ0v) is 15.3. The summed E-state index contributed by atoms with van der Waals surface area (Å²) in [7, 11) is 0. The number of benzene rings is 1. The average molecular weight is 367 g/mol. The summed E-state index contributed by atoms with van der Waals surface area (Å²) in [5.74, 6) is 1.38. The van der Waals surface area contributed by atoms with Gasteiger partial charge in [-0.3, -0.25) is 9.69 Å². The Morgan fingerprint density at radius 1 is 1.04 bits per heavy atom. The number of ether oxygens (including phenoxy) is 1. The molecule has 7 heteroatoms. The van der Waals surface area contributed by atoms with Gasteiger partial charge in [-0.25, -0.2) is 0 Å². The number of hydrogen-bond donors (Lipinski definition) is 2. The van der Waals surface area contributed by atoms with E-state index in [1.54, 1.807) is 17.2 Å². The van der Waals surface area contributed by atoms with Crippen molar-refractivity contribution in [2.24, 2.45) is 5.92 Å². The van der Waals surface area contributed by atoms with Gasteiger partial charge in [-0.1, -0.05) is 0 Å². The highest BCUT2D eigenvalue weighted by Gasteiger charge is 2.30. The molecule has 2 fully saturated rings. The van der Waals surface area contributed by atoms with Crippen LogP contribution in [0.4, 0.5) is 11.5 Å². The minimum Gasteiger partial charge on any atom is -0.490 e. The van der Waals surface area contributed by atoms with Crippen molar-refractivity contribution in [1.29, 1.82) is 0 Å². The second kappa shape index (κ2) is 8.45. The highest BCUT2D eigenvalue weighted by molar-refractivity contribution is 6.01. The quantitative estimate of drug-likeness (QED) is 0.840. The highest BCUT2D eigenvalue weighted by atomic mass is 16.5. The fourth-order valence-corrected chi connectivity index (χ4v) is 3.61. The van der Waals surface area contributed by atoms with E-state index in [9.17, 15) is 4.79 Å². The molecule has 0 saturated carbocycles. The van der Waals surface area contributed by atoms with Crippen molar-refractivity contribution in [1.82, 2.24) is 20.8 Å².